The van der Waals surface area contributed by atoms with Gasteiger partial charge in [0.2, 0.25) is 17.7 Å². The summed E-state index contributed by atoms with van der Waals surface area (Å²) in [5.41, 5.74) is 3.05. The van der Waals surface area contributed by atoms with Gasteiger partial charge in [-0.15, -0.1) is 6.58 Å². The van der Waals surface area contributed by atoms with E-state index in [1.54, 1.807) is 30.5 Å². The van der Waals surface area contributed by atoms with Crippen molar-refractivity contribution in [3.8, 4) is 11.5 Å². The molecule has 1 saturated heterocycles. The number of rotatable bonds is 16. The number of imidazole rings is 1. The van der Waals surface area contributed by atoms with Crippen LogP contribution in [-0.4, -0.2) is 87.9 Å². The fourth-order valence-electron chi connectivity index (χ4n) is 8.21. The van der Waals surface area contributed by atoms with E-state index in [9.17, 15) is 19.2 Å². The molecule has 322 valence electrons. The molecule has 2 aromatic heterocycles. The molecule has 0 saturated carbocycles. The first kappa shape index (κ1) is 43.3. The third-order valence-electron chi connectivity index (χ3n) is 11.6. The Kier molecular flexibility index (Phi) is 13.5. The van der Waals surface area contributed by atoms with Gasteiger partial charge < -0.3 is 39.9 Å². The van der Waals surface area contributed by atoms with Crippen molar-refractivity contribution in [3.63, 3.8) is 0 Å². The van der Waals surface area contributed by atoms with Gasteiger partial charge in [-0.05, 0) is 81.5 Å². The molecule has 3 aromatic carbocycles. The van der Waals surface area contributed by atoms with E-state index in [0.29, 0.717) is 79.6 Å². The van der Waals surface area contributed by atoms with Crippen molar-refractivity contribution in [2.24, 2.45) is 0 Å². The molecule has 1 fully saturated rings. The van der Waals surface area contributed by atoms with Gasteiger partial charge in [0.1, 0.15) is 23.7 Å². The number of alkyl carbamates (subject to hydrolysis) is 1. The molecule has 0 bridgehead atoms. The van der Waals surface area contributed by atoms with Crippen molar-refractivity contribution in [1.29, 1.82) is 0 Å². The normalized spacial score (nSPS) is 17.7. The predicted octanol–water partition coefficient (Wildman–Crippen LogP) is 5.06. The molecule has 2 aliphatic rings. The molecule has 1 aliphatic heterocycles. The molecule has 0 spiro atoms. The SMILES string of the molecule is C=CCC(CNC)N(Cc1nc2c([nH]1)=CC(C)(c1cnc(-c3ccc(C)c(NC(=O)C4CCCN4C(=O)C(NC(=O)OC)c4ccccc4)c3)o1)CC=2)C(=O)Cc1ccccc1. The average Bonchev–Trinajstić information content (AvgIpc) is 4.07. The van der Waals surface area contributed by atoms with Gasteiger partial charge in [0.15, 0.2) is 0 Å². The third-order valence-corrected chi connectivity index (χ3v) is 11.6. The van der Waals surface area contributed by atoms with Crippen molar-refractivity contribution in [1.82, 2.24) is 35.4 Å². The summed E-state index contributed by atoms with van der Waals surface area (Å²) >= 11 is 0. The van der Waals surface area contributed by atoms with Gasteiger partial charge in [0.05, 0.1) is 42.4 Å². The zero-order valence-electron chi connectivity index (χ0n) is 35.6. The minimum Gasteiger partial charge on any atom is -0.453 e. The number of nitrogens with zero attached hydrogens (tertiary/aromatic N) is 4. The van der Waals surface area contributed by atoms with Crippen molar-refractivity contribution in [2.75, 3.05) is 32.6 Å². The van der Waals surface area contributed by atoms with Gasteiger partial charge in [-0.25, -0.2) is 14.8 Å². The van der Waals surface area contributed by atoms with Crippen LogP contribution < -0.4 is 26.6 Å². The van der Waals surface area contributed by atoms with Gasteiger partial charge in [-0.3, -0.25) is 14.4 Å². The maximum Gasteiger partial charge on any atom is 0.407 e. The highest BCUT2D eigenvalue weighted by molar-refractivity contribution is 5.99. The second-order valence-electron chi connectivity index (χ2n) is 16.1. The molecular formula is C48H54N8O6. The summed E-state index contributed by atoms with van der Waals surface area (Å²) in [4.78, 5) is 70.3. The molecular weight excluding hydrogens is 785 g/mol. The van der Waals surface area contributed by atoms with E-state index in [2.05, 4.69) is 51.6 Å². The number of fused-ring (bicyclic) bond motifs is 1. The van der Waals surface area contributed by atoms with Crippen LogP contribution in [0.25, 0.3) is 23.6 Å². The lowest BCUT2D eigenvalue weighted by Gasteiger charge is -2.31. The Bertz CT molecular complexity index is 2540. The molecule has 62 heavy (non-hydrogen) atoms. The van der Waals surface area contributed by atoms with E-state index >= 15 is 0 Å². The number of anilines is 1. The number of ether oxygens (including phenoxy) is 1. The third kappa shape index (κ3) is 9.71. The number of oxazole rings is 1. The van der Waals surface area contributed by atoms with Crippen LogP contribution in [0.15, 0.2) is 102 Å². The predicted molar refractivity (Wildman–Crippen MR) is 237 cm³/mol. The lowest BCUT2D eigenvalue weighted by molar-refractivity contribution is -0.138. The Morgan fingerprint density at radius 2 is 1.85 bits per heavy atom. The van der Waals surface area contributed by atoms with Crippen LogP contribution in [0.5, 0.6) is 0 Å². The summed E-state index contributed by atoms with van der Waals surface area (Å²) < 4.78 is 11.3. The maximum atomic E-state index is 13.9. The number of carbonyl (C=O) groups excluding carboxylic acids is 4. The number of aromatic nitrogens is 3. The van der Waals surface area contributed by atoms with E-state index in [1.165, 1.54) is 12.0 Å². The van der Waals surface area contributed by atoms with Crippen LogP contribution in [0.1, 0.15) is 66.9 Å². The minimum atomic E-state index is -1.02. The average molecular weight is 839 g/mol. The summed E-state index contributed by atoms with van der Waals surface area (Å²) in [5, 5.41) is 10.6. The number of likely N-dealkylation sites (N-methyl/N-ethyl adjacent to an activating group) is 1. The standard InChI is InChI=1S/C48H54N8O6/c1-6-14-35(28-49-4)56(42(57)25-32-15-9-7-10-16-32)30-41-51-36-22-23-48(3,27-38(36)52-41)40-29-50-45(62-40)34-21-20-31(2)37(26-34)53-44(58)39-19-13-24-55(39)46(59)43(54-47(60)61-5)33-17-11-8-12-18-33/h6-12,15-18,20-22,26-27,29,35,39,43,49H,1,13-14,19,23-25,28,30H2,2-5H3,(H,51,52)(H,53,58)(H,54,60). The molecule has 1 aliphatic carbocycles. The second kappa shape index (κ2) is 19.3. The van der Waals surface area contributed by atoms with E-state index in [1.807, 2.05) is 79.5 Å². The van der Waals surface area contributed by atoms with Crippen LogP contribution in [-0.2, 0) is 37.5 Å². The van der Waals surface area contributed by atoms with Crippen molar-refractivity contribution in [3.05, 3.63) is 137 Å². The van der Waals surface area contributed by atoms with Crippen molar-refractivity contribution in [2.45, 2.75) is 76.0 Å². The Hall–Kier alpha value is -6.80. The molecule has 5 aromatic rings. The largest absolute Gasteiger partial charge is 0.453 e. The summed E-state index contributed by atoms with van der Waals surface area (Å²) in [6.07, 6.45) is 9.65. The van der Waals surface area contributed by atoms with Crippen LogP contribution in [0, 0.1) is 6.92 Å². The van der Waals surface area contributed by atoms with Gasteiger partial charge in [-0.1, -0.05) is 78.9 Å². The Morgan fingerprint density at radius 3 is 2.58 bits per heavy atom. The summed E-state index contributed by atoms with van der Waals surface area (Å²) in [6, 6.07) is 22.4. The number of carbonyl (C=O) groups is 4. The highest BCUT2D eigenvalue weighted by Crippen LogP contribution is 2.35. The summed E-state index contributed by atoms with van der Waals surface area (Å²) in [7, 11) is 3.12. The highest BCUT2D eigenvalue weighted by atomic mass is 16.5. The highest BCUT2D eigenvalue weighted by Gasteiger charge is 2.39. The van der Waals surface area contributed by atoms with Crippen LogP contribution in [0.4, 0.5) is 10.5 Å². The number of benzene rings is 3. The molecule has 3 heterocycles. The fourth-order valence-corrected chi connectivity index (χ4v) is 8.21. The molecule has 14 heteroatoms. The smallest absolute Gasteiger partial charge is 0.407 e. The number of likely N-dealkylation sites (tertiary alicyclic amines) is 1. The Balaban J connectivity index is 1.07. The number of hydrogen-bond acceptors (Lipinski definition) is 9. The summed E-state index contributed by atoms with van der Waals surface area (Å²) in [6.45, 7) is 9.21. The van der Waals surface area contributed by atoms with Gasteiger partial charge in [0.25, 0.3) is 5.91 Å². The van der Waals surface area contributed by atoms with Crippen LogP contribution in [0.2, 0.25) is 0 Å². The van der Waals surface area contributed by atoms with Crippen LogP contribution in [0.3, 0.4) is 0 Å². The zero-order chi connectivity index (χ0) is 43.8. The van der Waals surface area contributed by atoms with Crippen LogP contribution >= 0.6 is 0 Å². The quantitative estimate of drug-likeness (QED) is 0.0992. The molecule has 14 nitrogen and oxygen atoms in total. The number of H-pyrrole nitrogens is 1. The van der Waals surface area contributed by atoms with Gasteiger partial charge in [-0.2, -0.15) is 0 Å². The lowest BCUT2D eigenvalue weighted by Crippen LogP contribution is -2.48. The molecule has 7 rings (SSSR count). The van der Waals surface area contributed by atoms with E-state index in [-0.39, 0.29) is 24.3 Å². The first-order chi connectivity index (χ1) is 30.0. The molecule has 4 unspecified atom stereocenters. The number of methoxy groups -OCH3 is 1. The first-order valence-electron chi connectivity index (χ1n) is 20.9. The number of nitrogens with one attached hydrogen (secondary N) is 4. The minimum absolute atomic E-state index is 0.0103. The lowest BCUT2D eigenvalue weighted by atomic mass is 9.82. The topological polar surface area (TPSA) is 175 Å². The summed E-state index contributed by atoms with van der Waals surface area (Å²) in [5.74, 6) is 1.03. The van der Waals surface area contributed by atoms with Crippen molar-refractivity contribution >= 4 is 41.7 Å². The maximum absolute atomic E-state index is 13.9. The number of amides is 4. The second-order valence-corrected chi connectivity index (χ2v) is 16.1. The fraction of sp³-hybridized carbons (Fsp3) is 0.333. The van der Waals surface area contributed by atoms with E-state index in [0.717, 1.165) is 21.8 Å². The molecule has 4 atom stereocenters. The van der Waals surface area contributed by atoms with E-state index in [4.69, 9.17) is 14.1 Å². The number of aryl methyl sites for hydroxylation is 1. The molecule has 4 amide bonds. The first-order valence-corrected chi connectivity index (χ1v) is 20.9. The molecule has 0 radical (unpaired) electrons. The molecule has 4 N–H and O–H groups in total. The number of hydrogen-bond donors (Lipinski definition) is 4. The Labute approximate surface area is 361 Å². The zero-order valence-corrected chi connectivity index (χ0v) is 35.6. The number of aromatic amines is 1. The Morgan fingerprint density at radius 1 is 1.10 bits per heavy atom. The van der Waals surface area contributed by atoms with Gasteiger partial charge >= 0.3 is 6.09 Å². The van der Waals surface area contributed by atoms with Gasteiger partial charge in [0, 0.05) is 30.4 Å². The van der Waals surface area contributed by atoms with Crippen molar-refractivity contribution < 1.29 is 28.3 Å². The van der Waals surface area contributed by atoms with E-state index < -0.39 is 29.5 Å². The monoisotopic (exact) mass is 838 g/mol.